The summed E-state index contributed by atoms with van der Waals surface area (Å²) >= 11 is 1.06. The zero-order chi connectivity index (χ0) is 24.9. The molecule has 0 saturated heterocycles. The summed E-state index contributed by atoms with van der Waals surface area (Å²) in [4.78, 5) is 30.8. The number of hydrogen-bond donors (Lipinski definition) is 0. The molecule has 2 rings (SSSR count). The molecule has 2 heterocycles. The van der Waals surface area contributed by atoms with Crippen LogP contribution in [0.3, 0.4) is 0 Å². The van der Waals surface area contributed by atoms with Crippen molar-refractivity contribution in [3.8, 4) is 0 Å². The molecular weight excluding hydrogens is 471 g/mol. The maximum atomic E-state index is 12.1. The molecular formula is C26H42N2O5V. The van der Waals surface area contributed by atoms with Gasteiger partial charge < -0.3 is 9.47 Å². The number of hydrogen-bond acceptors (Lipinski definition) is 7. The van der Waals surface area contributed by atoms with E-state index in [-0.39, 0.29) is 24.8 Å². The van der Waals surface area contributed by atoms with E-state index in [0.717, 1.165) is 30.3 Å². The molecule has 0 amide bonds. The Hall–Kier alpha value is -1.57. The van der Waals surface area contributed by atoms with Gasteiger partial charge in [-0.05, 0) is 25.1 Å². The van der Waals surface area contributed by atoms with Gasteiger partial charge in [-0.3, -0.25) is 19.5 Å². The number of pyridine rings is 1. The molecule has 1 aromatic heterocycles. The van der Waals surface area contributed by atoms with Crippen molar-refractivity contribution in [2.24, 2.45) is 0 Å². The normalized spacial score (nSPS) is 15.4. The van der Waals surface area contributed by atoms with Crippen LogP contribution in [0.15, 0.2) is 18.2 Å². The Labute approximate surface area is 214 Å². The van der Waals surface area contributed by atoms with Crippen LogP contribution in [0.4, 0.5) is 0 Å². The van der Waals surface area contributed by atoms with Crippen LogP contribution in [0.25, 0.3) is 0 Å². The van der Waals surface area contributed by atoms with Crippen molar-refractivity contribution < 1.29 is 40.1 Å². The Balaban J connectivity index is 0.00000281. The van der Waals surface area contributed by atoms with Crippen molar-refractivity contribution >= 4 is 11.9 Å². The fraction of sp³-hybridized carbons (Fsp3) is 0.731. The number of carbonyl (C=O) groups is 2. The number of esters is 2. The van der Waals surface area contributed by atoms with Crippen molar-refractivity contribution in [3.63, 3.8) is 0 Å². The molecule has 0 saturated carbocycles. The minimum absolute atomic E-state index is 0.126. The van der Waals surface area contributed by atoms with Gasteiger partial charge >= 0.3 is 33.0 Å². The van der Waals surface area contributed by atoms with Crippen LogP contribution in [-0.2, 0) is 52.9 Å². The molecule has 191 valence electrons. The average Bonchev–Trinajstić information content (AvgIpc) is 2.83. The first-order chi connectivity index (χ1) is 16.7. The van der Waals surface area contributed by atoms with Crippen molar-refractivity contribution in [2.45, 2.75) is 90.4 Å². The molecule has 0 spiro atoms. The van der Waals surface area contributed by atoms with Gasteiger partial charge in [0.05, 0.1) is 24.2 Å². The first-order valence-corrected chi connectivity index (χ1v) is 13.4. The number of carbonyl (C=O) groups excluding carboxylic acids is 2. The van der Waals surface area contributed by atoms with Gasteiger partial charge in [-0.2, -0.15) is 0 Å². The zero-order valence-electron chi connectivity index (χ0n) is 20.8. The van der Waals surface area contributed by atoms with Crippen molar-refractivity contribution in [1.82, 2.24) is 9.88 Å². The van der Waals surface area contributed by atoms with Gasteiger partial charge in [-0.25, -0.2) is 0 Å². The number of fused-ring (bicyclic) bond motifs is 2. The van der Waals surface area contributed by atoms with Gasteiger partial charge in [0.25, 0.3) is 0 Å². The maximum absolute atomic E-state index is 12.1. The topological polar surface area (TPSA) is 85.8 Å². The molecule has 1 aliphatic rings. The quantitative estimate of drug-likeness (QED) is 0.294. The number of cyclic esters (lactones) is 2. The van der Waals surface area contributed by atoms with Gasteiger partial charge in [0.1, 0.15) is 13.2 Å². The fourth-order valence-electron chi connectivity index (χ4n) is 4.04. The summed E-state index contributed by atoms with van der Waals surface area (Å²) in [6.45, 7) is 5.22. The monoisotopic (exact) mass is 513 g/mol. The predicted octanol–water partition coefficient (Wildman–Crippen LogP) is 4.76. The zero-order valence-corrected chi connectivity index (χ0v) is 22.2. The molecule has 7 nitrogen and oxygen atoms in total. The fourth-order valence-corrected chi connectivity index (χ4v) is 4.04. The van der Waals surface area contributed by atoms with Gasteiger partial charge in [-0.15, -0.1) is 0 Å². The molecule has 1 aromatic rings. The molecule has 34 heavy (non-hydrogen) atoms. The third-order valence-corrected chi connectivity index (χ3v) is 5.93. The van der Waals surface area contributed by atoms with Crippen LogP contribution in [0.2, 0.25) is 0 Å². The van der Waals surface area contributed by atoms with Gasteiger partial charge in [-0.1, -0.05) is 77.2 Å². The summed E-state index contributed by atoms with van der Waals surface area (Å²) in [6, 6.07) is 5.36. The second kappa shape index (κ2) is 20.8. The Morgan fingerprint density at radius 3 is 1.68 bits per heavy atom. The third kappa shape index (κ3) is 15.4. The number of unbranched alkanes of at least 4 members (excludes halogenated alkanes) is 10. The van der Waals surface area contributed by atoms with E-state index in [1.807, 2.05) is 0 Å². The molecule has 0 atom stereocenters. The summed E-state index contributed by atoms with van der Waals surface area (Å²) in [5, 5.41) is 0. The molecule has 2 bridgehead atoms. The minimum atomic E-state index is -0.274. The Morgan fingerprint density at radius 2 is 1.21 bits per heavy atom. The van der Waals surface area contributed by atoms with Crippen LogP contribution in [0.1, 0.15) is 88.9 Å². The van der Waals surface area contributed by atoms with Crippen molar-refractivity contribution in [3.05, 3.63) is 29.6 Å². The second-order valence-corrected chi connectivity index (χ2v) is 8.79. The van der Waals surface area contributed by atoms with E-state index in [2.05, 4.69) is 16.8 Å². The van der Waals surface area contributed by atoms with E-state index < -0.39 is 0 Å². The first-order valence-electron chi connectivity index (χ1n) is 12.8. The van der Waals surface area contributed by atoms with Crippen molar-refractivity contribution in [1.29, 1.82) is 0 Å². The first kappa shape index (κ1) is 30.5. The summed E-state index contributed by atoms with van der Waals surface area (Å²) in [5.41, 5.74) is 1.24. The van der Waals surface area contributed by atoms with Gasteiger partial charge in [0.2, 0.25) is 0 Å². The van der Waals surface area contributed by atoms with Crippen LogP contribution < -0.4 is 0 Å². The second-order valence-electron chi connectivity index (χ2n) is 8.79. The Morgan fingerprint density at radius 1 is 0.765 bits per heavy atom. The van der Waals surface area contributed by atoms with E-state index in [9.17, 15) is 9.59 Å². The van der Waals surface area contributed by atoms with Crippen LogP contribution in [0.5, 0.6) is 0 Å². The molecule has 8 heteroatoms. The number of aromatic nitrogens is 1. The van der Waals surface area contributed by atoms with Gasteiger partial charge in [0, 0.05) is 13.1 Å². The van der Waals surface area contributed by atoms with E-state index >= 15 is 0 Å². The average molecular weight is 514 g/mol. The standard InChI is InChI=1S/C26H42N2O4.O.V/c1-2-3-4-5-6-7-8-9-10-11-12-16-28-17-19-31-25(29)21-23-14-13-15-24(27-23)22-26(30)32-20-18-28;;/h13-15H,2-12,16-22H2,1H3;;. The Kier molecular flexibility index (Phi) is 18.6. The predicted molar refractivity (Wildman–Crippen MR) is 127 cm³/mol. The number of nitrogens with zero attached hydrogens (tertiary/aromatic N) is 2. The third-order valence-electron chi connectivity index (χ3n) is 5.93. The van der Waals surface area contributed by atoms with Gasteiger partial charge in [0.15, 0.2) is 0 Å². The molecule has 0 unspecified atom stereocenters. The Bertz CT molecular complexity index is 650. The molecule has 0 N–H and O–H groups in total. The number of ether oxygens (including phenoxy) is 2. The summed E-state index contributed by atoms with van der Waals surface area (Å²) in [6.07, 6.45) is 14.7. The molecule has 1 aliphatic heterocycles. The summed E-state index contributed by atoms with van der Waals surface area (Å²) in [5.74, 6) is -0.548. The summed E-state index contributed by atoms with van der Waals surface area (Å²) < 4.78 is 19.0. The van der Waals surface area contributed by atoms with E-state index in [1.54, 1.807) is 18.2 Å². The number of rotatable bonds is 12. The van der Waals surface area contributed by atoms with E-state index in [4.69, 9.17) is 13.1 Å². The SMILES string of the molecule is CCCCCCCCCCCCCN1CCOC(=O)Cc2cccc(n2)CC(=O)OCC1.[O]=[V]. The van der Waals surface area contributed by atoms with Crippen LogP contribution in [0, 0.1) is 0 Å². The summed E-state index contributed by atoms with van der Waals surface area (Å²) in [7, 11) is 0. The molecule has 0 fully saturated rings. The van der Waals surface area contributed by atoms with E-state index in [0.29, 0.717) is 37.7 Å². The van der Waals surface area contributed by atoms with Crippen LogP contribution in [-0.4, -0.2) is 54.7 Å². The molecule has 0 aliphatic carbocycles. The molecule has 0 radical (unpaired) electrons. The van der Waals surface area contributed by atoms with Crippen LogP contribution >= 0.6 is 0 Å². The van der Waals surface area contributed by atoms with Crippen molar-refractivity contribution in [2.75, 3.05) is 32.8 Å². The van der Waals surface area contributed by atoms with E-state index in [1.165, 1.54) is 64.2 Å². The molecule has 0 aromatic carbocycles.